The van der Waals surface area contributed by atoms with E-state index in [0.717, 1.165) is 0 Å². The average molecular weight is 199 g/mol. The number of rotatable bonds is 2. The van der Waals surface area contributed by atoms with E-state index in [1.807, 2.05) is 12.1 Å². The first-order valence-electron chi connectivity index (χ1n) is 4.55. The van der Waals surface area contributed by atoms with Crippen molar-refractivity contribution in [3.63, 3.8) is 0 Å². The van der Waals surface area contributed by atoms with Crippen LogP contribution in [0.1, 0.15) is 5.56 Å². The Morgan fingerprint density at radius 2 is 1.79 bits per heavy atom. The summed E-state index contributed by atoms with van der Waals surface area (Å²) in [6.45, 7) is 2.11. The van der Waals surface area contributed by atoms with Gasteiger partial charge in [-0.15, -0.1) is 0 Å². The molecule has 0 aromatic heterocycles. The Labute approximate surface area is 89.0 Å². The van der Waals surface area contributed by atoms with Gasteiger partial charge in [0, 0.05) is 9.79 Å². The first-order valence-corrected chi connectivity index (χ1v) is 5.37. The van der Waals surface area contributed by atoms with Gasteiger partial charge in [-0.05, 0) is 37.3 Å². The molecule has 2 aromatic rings. The molecule has 69 valence electrons. The molecule has 2 rings (SSSR count). The first kappa shape index (κ1) is 9.35. The largest absolute Gasteiger partial charge is 0.0901 e. The van der Waals surface area contributed by atoms with Crippen molar-refractivity contribution < 1.29 is 0 Å². The van der Waals surface area contributed by atoms with Crippen LogP contribution in [0.3, 0.4) is 0 Å². The molecule has 0 aliphatic heterocycles. The molecule has 0 aliphatic rings. The van der Waals surface area contributed by atoms with Gasteiger partial charge in [0.2, 0.25) is 0 Å². The van der Waals surface area contributed by atoms with Crippen LogP contribution in [0.15, 0.2) is 58.3 Å². The van der Waals surface area contributed by atoms with E-state index in [-0.39, 0.29) is 0 Å². The zero-order valence-electron chi connectivity index (χ0n) is 8.03. The minimum Gasteiger partial charge on any atom is -0.0901 e. The van der Waals surface area contributed by atoms with Crippen molar-refractivity contribution in [2.75, 3.05) is 0 Å². The predicted molar refractivity (Wildman–Crippen MR) is 60.6 cm³/mol. The lowest BCUT2D eigenvalue weighted by Crippen LogP contribution is -1.75. The van der Waals surface area contributed by atoms with E-state index in [1.165, 1.54) is 15.4 Å². The Hall–Kier alpha value is -1.21. The second kappa shape index (κ2) is 4.34. The Morgan fingerprint density at radius 1 is 1.00 bits per heavy atom. The molecule has 1 radical (unpaired) electrons. The maximum Gasteiger partial charge on any atom is 0.0124 e. The normalized spacial score (nSPS) is 10.1. The molecule has 0 heterocycles. The molecule has 0 aliphatic carbocycles. The van der Waals surface area contributed by atoms with Crippen LogP contribution in [0.2, 0.25) is 0 Å². The molecule has 0 atom stereocenters. The Kier molecular flexibility index (Phi) is 2.90. The molecule has 0 saturated carbocycles. The van der Waals surface area contributed by atoms with Crippen LogP contribution in [-0.2, 0) is 0 Å². The highest BCUT2D eigenvalue weighted by Gasteiger charge is 1.95. The highest BCUT2D eigenvalue weighted by atomic mass is 32.2. The molecule has 0 nitrogen and oxygen atoms in total. The van der Waals surface area contributed by atoms with Crippen LogP contribution in [0.25, 0.3) is 0 Å². The van der Waals surface area contributed by atoms with Gasteiger partial charge in [-0.25, -0.2) is 0 Å². The third-order valence-corrected chi connectivity index (χ3v) is 2.91. The van der Waals surface area contributed by atoms with Crippen LogP contribution in [0, 0.1) is 13.0 Å². The van der Waals surface area contributed by atoms with Crippen LogP contribution in [-0.4, -0.2) is 0 Å². The summed E-state index contributed by atoms with van der Waals surface area (Å²) in [6, 6.07) is 19.6. The Morgan fingerprint density at radius 3 is 2.50 bits per heavy atom. The minimum absolute atomic E-state index is 1.26. The predicted octanol–water partition coefficient (Wildman–Crippen LogP) is 3.95. The molecule has 0 N–H and O–H groups in total. The molecule has 0 spiro atoms. The van der Waals surface area contributed by atoms with E-state index in [9.17, 15) is 0 Å². The maximum absolute atomic E-state index is 3.02. The van der Waals surface area contributed by atoms with Gasteiger partial charge in [0.1, 0.15) is 0 Å². The Bertz CT molecular complexity index is 407. The van der Waals surface area contributed by atoms with Gasteiger partial charge in [-0.2, -0.15) is 0 Å². The van der Waals surface area contributed by atoms with E-state index in [1.54, 1.807) is 11.8 Å². The minimum atomic E-state index is 1.26. The SMILES string of the molecule is Cc1cccc(Sc2cc[c]cc2)c1. The highest BCUT2D eigenvalue weighted by Crippen LogP contribution is 2.27. The van der Waals surface area contributed by atoms with Crippen molar-refractivity contribution in [1.29, 1.82) is 0 Å². The molecule has 1 heteroatoms. The van der Waals surface area contributed by atoms with Crippen molar-refractivity contribution in [3.05, 3.63) is 60.2 Å². The number of hydrogen-bond donors (Lipinski definition) is 0. The topological polar surface area (TPSA) is 0 Å². The van der Waals surface area contributed by atoms with Crippen LogP contribution in [0.4, 0.5) is 0 Å². The molecule has 0 unspecified atom stereocenters. The van der Waals surface area contributed by atoms with Crippen LogP contribution < -0.4 is 0 Å². The monoisotopic (exact) mass is 199 g/mol. The summed E-state index contributed by atoms with van der Waals surface area (Å²) in [4.78, 5) is 2.55. The summed E-state index contributed by atoms with van der Waals surface area (Å²) in [5, 5.41) is 0. The van der Waals surface area contributed by atoms with Crippen LogP contribution >= 0.6 is 11.8 Å². The fourth-order valence-electron chi connectivity index (χ4n) is 1.25. The smallest absolute Gasteiger partial charge is 0.0124 e. The molecule has 0 saturated heterocycles. The average Bonchev–Trinajstić information content (AvgIpc) is 2.19. The fourth-order valence-corrected chi connectivity index (χ4v) is 2.19. The van der Waals surface area contributed by atoms with Gasteiger partial charge in [0.25, 0.3) is 0 Å². The number of benzene rings is 2. The van der Waals surface area contributed by atoms with Gasteiger partial charge in [-0.1, -0.05) is 41.6 Å². The lowest BCUT2D eigenvalue weighted by atomic mass is 10.2. The number of aryl methyl sites for hydroxylation is 1. The summed E-state index contributed by atoms with van der Waals surface area (Å²) in [6.07, 6.45) is 0. The summed E-state index contributed by atoms with van der Waals surface area (Å²) in [5.41, 5.74) is 1.30. The second-order valence-electron chi connectivity index (χ2n) is 3.15. The summed E-state index contributed by atoms with van der Waals surface area (Å²) >= 11 is 1.78. The maximum atomic E-state index is 3.02. The molecule has 2 aromatic carbocycles. The van der Waals surface area contributed by atoms with Crippen LogP contribution in [0.5, 0.6) is 0 Å². The second-order valence-corrected chi connectivity index (χ2v) is 4.30. The third kappa shape index (κ3) is 2.39. The Balaban J connectivity index is 2.19. The van der Waals surface area contributed by atoms with Crippen molar-refractivity contribution in [2.24, 2.45) is 0 Å². The molecule has 14 heavy (non-hydrogen) atoms. The molecular formula is C13H11S. The molecule has 0 fully saturated rings. The molecule has 0 bridgehead atoms. The van der Waals surface area contributed by atoms with Gasteiger partial charge in [0.15, 0.2) is 0 Å². The van der Waals surface area contributed by atoms with Crippen molar-refractivity contribution in [2.45, 2.75) is 16.7 Å². The van der Waals surface area contributed by atoms with Crippen molar-refractivity contribution in [1.82, 2.24) is 0 Å². The van der Waals surface area contributed by atoms with E-state index in [4.69, 9.17) is 0 Å². The van der Waals surface area contributed by atoms with E-state index < -0.39 is 0 Å². The van der Waals surface area contributed by atoms with Gasteiger partial charge in [0.05, 0.1) is 0 Å². The lowest BCUT2D eigenvalue weighted by molar-refractivity contribution is 1.35. The number of hydrogen-bond acceptors (Lipinski definition) is 1. The molecule has 0 amide bonds. The standard InChI is InChI=1S/C13H11S/c1-11-6-5-9-13(10-11)14-12-7-3-2-4-8-12/h3-10H,1H3. The van der Waals surface area contributed by atoms with Gasteiger partial charge < -0.3 is 0 Å². The van der Waals surface area contributed by atoms with Crippen molar-refractivity contribution >= 4 is 11.8 Å². The van der Waals surface area contributed by atoms with E-state index >= 15 is 0 Å². The highest BCUT2D eigenvalue weighted by molar-refractivity contribution is 7.99. The quantitative estimate of drug-likeness (QED) is 0.705. The van der Waals surface area contributed by atoms with Crippen molar-refractivity contribution in [3.8, 4) is 0 Å². The van der Waals surface area contributed by atoms with Gasteiger partial charge in [-0.3, -0.25) is 0 Å². The lowest BCUT2D eigenvalue weighted by Gasteiger charge is -2.01. The van der Waals surface area contributed by atoms with Gasteiger partial charge >= 0.3 is 0 Å². The zero-order chi connectivity index (χ0) is 9.80. The summed E-state index contributed by atoms with van der Waals surface area (Å²) in [7, 11) is 0. The molecular weight excluding hydrogens is 188 g/mol. The van der Waals surface area contributed by atoms with E-state index in [0.29, 0.717) is 0 Å². The first-order chi connectivity index (χ1) is 6.84. The van der Waals surface area contributed by atoms with E-state index in [2.05, 4.69) is 49.4 Å². The fraction of sp³-hybridized carbons (Fsp3) is 0.0769. The summed E-state index contributed by atoms with van der Waals surface area (Å²) < 4.78 is 0. The zero-order valence-corrected chi connectivity index (χ0v) is 8.84. The third-order valence-electron chi connectivity index (χ3n) is 1.91. The summed E-state index contributed by atoms with van der Waals surface area (Å²) in [5.74, 6) is 0.